The predicted octanol–water partition coefficient (Wildman–Crippen LogP) is 4.74. The van der Waals surface area contributed by atoms with Crippen LogP contribution >= 0.6 is 0 Å². The highest BCUT2D eigenvalue weighted by atomic mass is 16.5. The Hall–Kier alpha value is -2.33. The van der Waals surface area contributed by atoms with E-state index < -0.39 is 0 Å². The maximum atomic E-state index is 12.7. The average Bonchev–Trinajstić information content (AvgIpc) is 2.61. The number of rotatable bonds is 7. The molecule has 0 saturated heterocycles. The van der Waals surface area contributed by atoms with Gasteiger partial charge in [-0.2, -0.15) is 0 Å². The second kappa shape index (κ2) is 8.67. The number of ether oxygens (including phenoxy) is 2. The second-order valence-corrected chi connectivity index (χ2v) is 6.30. The van der Waals surface area contributed by atoms with Crippen molar-refractivity contribution >= 4 is 11.6 Å². The maximum Gasteiger partial charge on any atom is 0.255 e. The summed E-state index contributed by atoms with van der Waals surface area (Å²) in [6, 6.07) is 11.5. The van der Waals surface area contributed by atoms with Crippen LogP contribution in [0.25, 0.3) is 0 Å². The van der Waals surface area contributed by atoms with Crippen molar-refractivity contribution < 1.29 is 14.3 Å². The van der Waals surface area contributed by atoms with Crippen LogP contribution in [0.4, 0.5) is 5.69 Å². The fraction of sp³-hybridized carbons (Fsp3) is 0.381. The number of carbonyl (C=O) groups is 1. The van der Waals surface area contributed by atoms with Gasteiger partial charge in [0.25, 0.3) is 5.91 Å². The topological polar surface area (TPSA) is 47.6 Å². The fourth-order valence-electron chi connectivity index (χ4n) is 2.68. The summed E-state index contributed by atoms with van der Waals surface area (Å²) in [5.41, 5.74) is 4.54. The number of aryl methyl sites for hydroxylation is 2. The van der Waals surface area contributed by atoms with Gasteiger partial charge in [-0.15, -0.1) is 0 Å². The first-order valence-corrected chi connectivity index (χ1v) is 8.64. The molecule has 0 unspecified atom stereocenters. The van der Waals surface area contributed by atoms with E-state index in [2.05, 4.69) is 12.2 Å². The van der Waals surface area contributed by atoms with Gasteiger partial charge in [-0.05, 0) is 56.5 Å². The summed E-state index contributed by atoms with van der Waals surface area (Å²) in [4.78, 5) is 12.7. The first-order valence-electron chi connectivity index (χ1n) is 8.64. The van der Waals surface area contributed by atoms with E-state index >= 15 is 0 Å². The Bertz CT molecular complexity index is 738. The monoisotopic (exact) mass is 341 g/mol. The quantitative estimate of drug-likeness (QED) is 0.791. The Labute approximate surface area is 150 Å². The zero-order chi connectivity index (χ0) is 18.4. The van der Waals surface area contributed by atoms with Gasteiger partial charge in [-0.3, -0.25) is 4.79 Å². The number of para-hydroxylation sites is 1. The van der Waals surface area contributed by atoms with Gasteiger partial charge >= 0.3 is 0 Å². The molecule has 0 bridgehead atoms. The number of hydrogen-bond donors (Lipinski definition) is 1. The van der Waals surface area contributed by atoms with Gasteiger partial charge in [-0.25, -0.2) is 0 Å². The minimum Gasteiger partial charge on any atom is -0.496 e. The summed E-state index contributed by atoms with van der Waals surface area (Å²) in [6.07, 6.45) is 0.981. The summed E-state index contributed by atoms with van der Waals surface area (Å²) in [5.74, 6) is 0.597. The number of benzene rings is 2. The average molecular weight is 341 g/mol. The van der Waals surface area contributed by atoms with Gasteiger partial charge in [0.05, 0.1) is 19.8 Å². The molecule has 134 valence electrons. The third-order valence-electron chi connectivity index (χ3n) is 4.09. The Balaban J connectivity index is 2.26. The Morgan fingerprint density at radius 1 is 1.16 bits per heavy atom. The van der Waals surface area contributed by atoms with Crippen molar-refractivity contribution in [2.24, 2.45) is 0 Å². The highest BCUT2D eigenvalue weighted by Crippen LogP contribution is 2.24. The van der Waals surface area contributed by atoms with E-state index in [1.807, 2.05) is 51.1 Å². The third kappa shape index (κ3) is 4.83. The van der Waals surface area contributed by atoms with Crippen LogP contribution in [-0.4, -0.2) is 19.1 Å². The van der Waals surface area contributed by atoms with Gasteiger partial charge in [0.2, 0.25) is 0 Å². The lowest BCUT2D eigenvalue weighted by molar-refractivity contribution is 0.0644. The second-order valence-electron chi connectivity index (χ2n) is 6.30. The van der Waals surface area contributed by atoms with E-state index in [0.29, 0.717) is 12.2 Å². The molecule has 0 heterocycles. The van der Waals surface area contributed by atoms with E-state index in [4.69, 9.17) is 9.47 Å². The molecule has 0 aromatic heterocycles. The Morgan fingerprint density at radius 2 is 1.92 bits per heavy atom. The van der Waals surface area contributed by atoms with Crippen molar-refractivity contribution in [3.8, 4) is 5.75 Å². The zero-order valence-corrected chi connectivity index (χ0v) is 15.7. The normalized spacial score (nSPS) is 10.8. The molecule has 1 amide bonds. The Morgan fingerprint density at radius 3 is 2.56 bits per heavy atom. The zero-order valence-electron chi connectivity index (χ0n) is 15.7. The molecule has 0 radical (unpaired) electrons. The van der Waals surface area contributed by atoms with Crippen LogP contribution in [0.5, 0.6) is 5.75 Å². The first kappa shape index (κ1) is 19.0. The number of anilines is 1. The molecule has 0 atom stereocenters. The summed E-state index contributed by atoms with van der Waals surface area (Å²) >= 11 is 0. The fourth-order valence-corrected chi connectivity index (χ4v) is 2.68. The predicted molar refractivity (Wildman–Crippen MR) is 101 cm³/mol. The number of hydrogen-bond acceptors (Lipinski definition) is 3. The molecule has 0 aliphatic heterocycles. The molecule has 2 aromatic rings. The van der Waals surface area contributed by atoms with Crippen LogP contribution in [0.15, 0.2) is 36.4 Å². The van der Waals surface area contributed by atoms with Crippen LogP contribution in [0.2, 0.25) is 0 Å². The van der Waals surface area contributed by atoms with Gasteiger partial charge in [0.1, 0.15) is 5.75 Å². The summed E-state index contributed by atoms with van der Waals surface area (Å²) < 4.78 is 11.0. The molecule has 0 aliphatic carbocycles. The van der Waals surface area contributed by atoms with Crippen LogP contribution in [0.1, 0.15) is 47.8 Å². The van der Waals surface area contributed by atoms with E-state index in [-0.39, 0.29) is 12.0 Å². The summed E-state index contributed by atoms with van der Waals surface area (Å²) in [5, 5.41) is 3.06. The molecule has 25 heavy (non-hydrogen) atoms. The molecule has 0 spiro atoms. The number of methoxy groups -OCH3 is 1. The number of carbonyl (C=O) groups excluding carboxylic acids is 1. The van der Waals surface area contributed by atoms with Gasteiger partial charge in [0.15, 0.2) is 0 Å². The van der Waals surface area contributed by atoms with E-state index in [1.54, 1.807) is 13.2 Å². The van der Waals surface area contributed by atoms with Crippen LogP contribution < -0.4 is 10.1 Å². The van der Waals surface area contributed by atoms with Gasteiger partial charge in [0, 0.05) is 16.8 Å². The molecular weight excluding hydrogens is 314 g/mol. The third-order valence-corrected chi connectivity index (χ3v) is 4.09. The highest BCUT2D eigenvalue weighted by Gasteiger charge is 2.13. The SMILES string of the molecule is CCc1cccc(C)c1NC(=O)c1ccc(OC)c(COC(C)C)c1. The van der Waals surface area contributed by atoms with E-state index in [9.17, 15) is 4.79 Å². The van der Waals surface area contributed by atoms with Crippen molar-refractivity contribution in [2.45, 2.75) is 46.8 Å². The van der Waals surface area contributed by atoms with Crippen molar-refractivity contribution in [1.82, 2.24) is 0 Å². The molecule has 4 nitrogen and oxygen atoms in total. The molecule has 0 saturated carbocycles. The minimum atomic E-state index is -0.127. The van der Waals surface area contributed by atoms with E-state index in [1.165, 1.54) is 0 Å². The van der Waals surface area contributed by atoms with Crippen molar-refractivity contribution in [3.05, 3.63) is 58.7 Å². The van der Waals surface area contributed by atoms with E-state index in [0.717, 1.165) is 34.5 Å². The van der Waals surface area contributed by atoms with Gasteiger partial charge in [-0.1, -0.05) is 25.1 Å². The first-order chi connectivity index (χ1) is 12.0. The van der Waals surface area contributed by atoms with Crippen molar-refractivity contribution in [1.29, 1.82) is 0 Å². The lowest BCUT2D eigenvalue weighted by Crippen LogP contribution is -2.15. The molecule has 2 rings (SSSR count). The minimum absolute atomic E-state index is 0.112. The van der Waals surface area contributed by atoms with Crippen LogP contribution in [-0.2, 0) is 17.8 Å². The van der Waals surface area contributed by atoms with Crippen LogP contribution in [0.3, 0.4) is 0 Å². The number of amides is 1. The molecule has 2 aromatic carbocycles. The highest BCUT2D eigenvalue weighted by molar-refractivity contribution is 6.05. The number of nitrogens with one attached hydrogen (secondary N) is 1. The molecular formula is C21H27NO3. The largest absolute Gasteiger partial charge is 0.496 e. The maximum absolute atomic E-state index is 12.7. The summed E-state index contributed by atoms with van der Waals surface area (Å²) in [6.45, 7) is 8.46. The smallest absolute Gasteiger partial charge is 0.255 e. The molecule has 0 aliphatic rings. The summed E-state index contributed by atoms with van der Waals surface area (Å²) in [7, 11) is 1.62. The lowest BCUT2D eigenvalue weighted by Gasteiger charge is -2.15. The molecule has 1 N–H and O–H groups in total. The molecule has 4 heteroatoms. The van der Waals surface area contributed by atoms with Crippen LogP contribution in [0, 0.1) is 6.92 Å². The van der Waals surface area contributed by atoms with Crippen molar-refractivity contribution in [2.75, 3.05) is 12.4 Å². The van der Waals surface area contributed by atoms with Gasteiger partial charge < -0.3 is 14.8 Å². The molecule has 0 fully saturated rings. The Kier molecular flexibility index (Phi) is 6.59. The lowest BCUT2D eigenvalue weighted by atomic mass is 10.0. The standard InChI is InChI=1S/C21H27NO3/c1-6-16-9-7-8-15(4)20(16)22-21(23)17-10-11-19(24-5)18(12-17)13-25-14(2)3/h7-12,14H,6,13H2,1-5H3,(H,22,23). The van der Waals surface area contributed by atoms with Crippen molar-refractivity contribution in [3.63, 3.8) is 0 Å².